The average molecular weight is 375 g/mol. The third-order valence-electron chi connectivity index (χ3n) is 2.88. The van der Waals surface area contributed by atoms with Gasteiger partial charge in [-0.3, -0.25) is 9.59 Å². The minimum absolute atomic E-state index is 0.311. The smallest absolute Gasteiger partial charge is 0.308 e. The summed E-state index contributed by atoms with van der Waals surface area (Å²) in [6.07, 6.45) is 1.43. The second-order valence-corrected chi connectivity index (χ2v) is 5.76. The number of nitrogens with one attached hydrogen (secondary N) is 1. The first-order valence-electron chi connectivity index (χ1n) is 6.84. The zero-order valence-corrected chi connectivity index (χ0v) is 14.3. The number of aryl methyl sites for hydroxylation is 1. The first kappa shape index (κ1) is 16.9. The molecule has 118 valence electrons. The Labute approximate surface area is 142 Å². The minimum atomic E-state index is -0.425. The Morgan fingerprint density at radius 3 is 2.70 bits per heavy atom. The number of halogens is 1. The second-order valence-electron chi connectivity index (χ2n) is 4.84. The Kier molecular flexibility index (Phi) is 5.65. The summed E-state index contributed by atoms with van der Waals surface area (Å²) >= 11 is 3.34. The van der Waals surface area contributed by atoms with Gasteiger partial charge in [0.05, 0.1) is 6.21 Å². The molecule has 0 radical (unpaired) electrons. The van der Waals surface area contributed by atoms with Crippen LogP contribution < -0.4 is 10.2 Å². The van der Waals surface area contributed by atoms with Crippen LogP contribution >= 0.6 is 15.9 Å². The maximum absolute atomic E-state index is 12.0. The van der Waals surface area contributed by atoms with Crippen LogP contribution in [0.5, 0.6) is 5.75 Å². The summed E-state index contributed by atoms with van der Waals surface area (Å²) in [5, 5.41) is 3.92. The molecule has 0 saturated carbocycles. The highest BCUT2D eigenvalue weighted by Crippen LogP contribution is 2.21. The molecule has 1 N–H and O–H groups in total. The molecule has 0 aliphatic carbocycles. The lowest BCUT2D eigenvalue weighted by atomic mass is 10.1. The van der Waals surface area contributed by atoms with Crippen molar-refractivity contribution >= 4 is 34.0 Å². The van der Waals surface area contributed by atoms with Crippen LogP contribution in [0.1, 0.15) is 28.4 Å². The minimum Gasteiger partial charge on any atom is -0.426 e. The fraction of sp³-hybridized carbons (Fsp3) is 0.118. The molecule has 0 heterocycles. The van der Waals surface area contributed by atoms with Gasteiger partial charge in [0.1, 0.15) is 5.75 Å². The standard InChI is InChI=1S/C17H15BrN2O3/c1-11-4-3-5-13(8-11)17(22)20-19-10-14-9-15(18)6-7-16(14)23-12(2)21/h3-10H,1-2H3,(H,20,22)/b19-10+. The van der Waals surface area contributed by atoms with E-state index in [9.17, 15) is 9.59 Å². The number of rotatable bonds is 4. The largest absolute Gasteiger partial charge is 0.426 e. The van der Waals surface area contributed by atoms with Crippen LogP contribution in [0, 0.1) is 6.92 Å². The monoisotopic (exact) mass is 374 g/mol. The van der Waals surface area contributed by atoms with Crippen LogP contribution in [-0.2, 0) is 4.79 Å². The maximum Gasteiger partial charge on any atom is 0.308 e. The van der Waals surface area contributed by atoms with Gasteiger partial charge in [0.2, 0.25) is 0 Å². The molecule has 0 atom stereocenters. The topological polar surface area (TPSA) is 67.8 Å². The van der Waals surface area contributed by atoms with Gasteiger partial charge >= 0.3 is 5.97 Å². The number of benzene rings is 2. The number of amides is 1. The van der Waals surface area contributed by atoms with Crippen LogP contribution in [-0.4, -0.2) is 18.1 Å². The van der Waals surface area contributed by atoms with Crippen molar-refractivity contribution in [2.45, 2.75) is 13.8 Å². The van der Waals surface area contributed by atoms with Gasteiger partial charge in [-0.1, -0.05) is 33.6 Å². The van der Waals surface area contributed by atoms with Crippen molar-refractivity contribution in [2.24, 2.45) is 5.10 Å². The highest BCUT2D eigenvalue weighted by atomic mass is 79.9. The SMILES string of the molecule is CC(=O)Oc1ccc(Br)cc1/C=N/NC(=O)c1cccc(C)c1. The number of nitrogens with zero attached hydrogens (tertiary/aromatic N) is 1. The Morgan fingerprint density at radius 2 is 2.00 bits per heavy atom. The van der Waals surface area contributed by atoms with Crippen LogP contribution in [0.3, 0.4) is 0 Å². The van der Waals surface area contributed by atoms with E-state index in [2.05, 4.69) is 26.5 Å². The first-order valence-corrected chi connectivity index (χ1v) is 7.63. The van der Waals surface area contributed by atoms with Crippen LogP contribution in [0.15, 0.2) is 52.0 Å². The van der Waals surface area contributed by atoms with Gasteiger partial charge in [0.25, 0.3) is 5.91 Å². The van der Waals surface area contributed by atoms with E-state index in [1.54, 1.807) is 36.4 Å². The van der Waals surface area contributed by atoms with E-state index in [0.717, 1.165) is 10.0 Å². The molecule has 2 aromatic rings. The average Bonchev–Trinajstić information content (AvgIpc) is 2.49. The van der Waals surface area contributed by atoms with Gasteiger partial charge in [-0.2, -0.15) is 5.10 Å². The van der Waals surface area contributed by atoms with Crippen LogP contribution in [0.25, 0.3) is 0 Å². The van der Waals surface area contributed by atoms with Crippen molar-refractivity contribution in [1.29, 1.82) is 0 Å². The van der Waals surface area contributed by atoms with Gasteiger partial charge in [-0.25, -0.2) is 5.43 Å². The molecule has 1 amide bonds. The molecule has 23 heavy (non-hydrogen) atoms. The summed E-state index contributed by atoms with van der Waals surface area (Å²) in [7, 11) is 0. The normalized spacial score (nSPS) is 10.6. The van der Waals surface area contributed by atoms with Gasteiger partial charge in [0, 0.05) is 22.5 Å². The van der Waals surface area contributed by atoms with Crippen LogP contribution in [0.2, 0.25) is 0 Å². The predicted molar refractivity (Wildman–Crippen MR) is 91.7 cm³/mol. The number of ether oxygens (including phenoxy) is 1. The number of hydrogen-bond donors (Lipinski definition) is 1. The lowest BCUT2D eigenvalue weighted by molar-refractivity contribution is -0.131. The van der Waals surface area contributed by atoms with Gasteiger partial charge < -0.3 is 4.74 Å². The second kappa shape index (κ2) is 7.69. The fourth-order valence-electron chi connectivity index (χ4n) is 1.88. The Bertz CT molecular complexity index is 772. The molecule has 0 unspecified atom stereocenters. The van der Waals surface area contributed by atoms with E-state index >= 15 is 0 Å². The summed E-state index contributed by atoms with van der Waals surface area (Å²) in [6, 6.07) is 12.3. The number of esters is 1. The summed E-state index contributed by atoms with van der Waals surface area (Å²) in [5.41, 5.74) is 4.53. The van der Waals surface area contributed by atoms with Crippen molar-refractivity contribution in [1.82, 2.24) is 5.43 Å². The molecule has 0 aliphatic rings. The molecule has 2 rings (SSSR count). The molecule has 0 saturated heterocycles. The third kappa shape index (κ3) is 5.03. The molecule has 2 aromatic carbocycles. The lowest BCUT2D eigenvalue weighted by Crippen LogP contribution is -2.17. The molecule has 0 spiro atoms. The van der Waals surface area contributed by atoms with Crippen molar-refractivity contribution < 1.29 is 14.3 Å². The van der Waals surface area contributed by atoms with Crippen molar-refractivity contribution in [3.05, 3.63) is 63.6 Å². The zero-order valence-electron chi connectivity index (χ0n) is 12.7. The third-order valence-corrected chi connectivity index (χ3v) is 3.37. The van der Waals surface area contributed by atoms with Gasteiger partial charge in [-0.15, -0.1) is 0 Å². The van der Waals surface area contributed by atoms with Crippen molar-refractivity contribution in [3.8, 4) is 5.75 Å². The van der Waals surface area contributed by atoms with Crippen molar-refractivity contribution in [3.63, 3.8) is 0 Å². The fourth-order valence-corrected chi connectivity index (χ4v) is 2.26. The molecule has 6 heteroatoms. The summed E-state index contributed by atoms with van der Waals surface area (Å²) < 4.78 is 5.90. The lowest BCUT2D eigenvalue weighted by Gasteiger charge is -2.06. The quantitative estimate of drug-likeness (QED) is 0.385. The number of hydrogen-bond acceptors (Lipinski definition) is 4. The molecule has 0 aromatic heterocycles. The highest BCUT2D eigenvalue weighted by molar-refractivity contribution is 9.10. The van der Waals surface area contributed by atoms with E-state index in [1.807, 2.05) is 13.0 Å². The van der Waals surface area contributed by atoms with Crippen molar-refractivity contribution in [2.75, 3.05) is 0 Å². The van der Waals surface area contributed by atoms with Crippen LogP contribution in [0.4, 0.5) is 0 Å². The summed E-state index contributed by atoms with van der Waals surface area (Å²) in [6.45, 7) is 3.23. The van der Waals surface area contributed by atoms with Gasteiger partial charge in [-0.05, 0) is 37.3 Å². The Hall–Kier alpha value is -2.47. The molecular formula is C17H15BrN2O3. The van der Waals surface area contributed by atoms with E-state index < -0.39 is 5.97 Å². The molecule has 0 fully saturated rings. The highest BCUT2D eigenvalue weighted by Gasteiger charge is 2.06. The summed E-state index contributed by atoms with van der Waals surface area (Å²) in [5.74, 6) is -0.367. The van der Waals surface area contributed by atoms with E-state index in [0.29, 0.717) is 16.9 Å². The van der Waals surface area contributed by atoms with E-state index in [4.69, 9.17) is 4.74 Å². The van der Waals surface area contributed by atoms with E-state index in [1.165, 1.54) is 13.1 Å². The zero-order chi connectivity index (χ0) is 16.8. The number of hydrazone groups is 1. The van der Waals surface area contributed by atoms with E-state index in [-0.39, 0.29) is 5.91 Å². The molecular weight excluding hydrogens is 360 g/mol. The molecule has 0 aliphatic heterocycles. The first-order chi connectivity index (χ1) is 11.0. The summed E-state index contributed by atoms with van der Waals surface area (Å²) in [4.78, 5) is 23.1. The Morgan fingerprint density at radius 1 is 1.22 bits per heavy atom. The maximum atomic E-state index is 12.0. The Balaban J connectivity index is 2.12. The predicted octanol–water partition coefficient (Wildman–Crippen LogP) is 3.45. The molecule has 0 bridgehead atoms. The number of carbonyl (C=O) groups excluding carboxylic acids is 2. The van der Waals surface area contributed by atoms with Gasteiger partial charge in [0.15, 0.2) is 0 Å². The number of carbonyl (C=O) groups is 2. The molecule has 5 nitrogen and oxygen atoms in total.